The summed E-state index contributed by atoms with van der Waals surface area (Å²) in [5.74, 6) is 0.697. The standard InChI is InChI=1S/C21H20N4O3.C11H13NO2/c1-4-6-13(12-22)7-8-14(5-2)15-9-10-17-16(23-15)11-18(28-17)21(3)19(26)24-20(27)25-21;1-3-12-7-8-4-5-9(14-2)6-10(8)11(12)13/h5-11H,4H2,1-3H3,(H2,24,25,26,27);4-6H,3,7H2,1-2H3/b8-7-,13-6-,14-5+;. The number of ether oxygens (including phenoxy) is 1. The van der Waals surface area contributed by atoms with Gasteiger partial charge in [-0.25, -0.2) is 9.78 Å². The minimum absolute atomic E-state index is 0.112. The van der Waals surface area contributed by atoms with E-state index in [1.165, 1.54) is 0 Å². The summed E-state index contributed by atoms with van der Waals surface area (Å²) in [5.41, 5.74) is 3.83. The molecule has 4 heterocycles. The van der Waals surface area contributed by atoms with Gasteiger partial charge in [-0.05, 0) is 68.7 Å². The SMILES string of the molecule is CCN1Cc2ccc(OC)cc2C1=O.C\C=C(/C=C\C(C#N)=C\CC)c1ccc2oc(C3(C)NC(=O)NC3=O)cc2n1. The lowest BCUT2D eigenvalue weighted by molar-refractivity contribution is -0.124. The van der Waals surface area contributed by atoms with Gasteiger partial charge in [0.1, 0.15) is 17.0 Å². The van der Waals surface area contributed by atoms with Crippen LogP contribution in [-0.4, -0.2) is 41.4 Å². The van der Waals surface area contributed by atoms with E-state index in [1.807, 2.05) is 62.1 Å². The molecule has 2 aliphatic heterocycles. The van der Waals surface area contributed by atoms with E-state index in [0.717, 1.165) is 42.0 Å². The van der Waals surface area contributed by atoms with E-state index in [2.05, 4.69) is 21.7 Å². The maximum absolute atomic E-state index is 12.1. The number of nitrogens with zero attached hydrogens (tertiary/aromatic N) is 3. The zero-order chi connectivity index (χ0) is 30.4. The average molecular weight is 568 g/mol. The van der Waals surface area contributed by atoms with E-state index < -0.39 is 17.5 Å². The van der Waals surface area contributed by atoms with Crippen LogP contribution in [0, 0.1) is 11.3 Å². The molecule has 4 amide bonds. The van der Waals surface area contributed by atoms with Crippen LogP contribution in [0.15, 0.2) is 70.7 Å². The molecule has 0 aliphatic carbocycles. The van der Waals surface area contributed by atoms with E-state index in [-0.39, 0.29) is 5.91 Å². The molecule has 2 aromatic heterocycles. The molecule has 2 N–H and O–H groups in total. The Morgan fingerprint density at radius 2 is 1.98 bits per heavy atom. The Balaban J connectivity index is 0.000000241. The number of nitrogens with one attached hydrogen (secondary N) is 2. The Kier molecular flexibility index (Phi) is 8.91. The number of benzene rings is 1. The first-order valence-corrected chi connectivity index (χ1v) is 13.6. The van der Waals surface area contributed by atoms with Crippen molar-refractivity contribution < 1.29 is 23.5 Å². The highest BCUT2D eigenvalue weighted by molar-refractivity contribution is 6.07. The number of furan rings is 1. The minimum Gasteiger partial charge on any atom is -0.497 e. The van der Waals surface area contributed by atoms with Crippen molar-refractivity contribution in [3.05, 3.63) is 88.9 Å². The van der Waals surface area contributed by atoms with Gasteiger partial charge in [-0.1, -0.05) is 31.2 Å². The molecule has 3 aromatic rings. The van der Waals surface area contributed by atoms with Crippen molar-refractivity contribution >= 4 is 34.5 Å². The van der Waals surface area contributed by atoms with E-state index >= 15 is 0 Å². The summed E-state index contributed by atoms with van der Waals surface area (Å²) in [5, 5.41) is 13.9. The molecule has 42 heavy (non-hydrogen) atoms. The van der Waals surface area contributed by atoms with Gasteiger partial charge in [0.2, 0.25) is 0 Å². The van der Waals surface area contributed by atoms with Crippen LogP contribution in [0.4, 0.5) is 4.79 Å². The van der Waals surface area contributed by atoms with Gasteiger partial charge in [-0.3, -0.25) is 14.9 Å². The Morgan fingerprint density at radius 3 is 2.60 bits per heavy atom. The number of hydrogen-bond donors (Lipinski definition) is 2. The molecular weight excluding hydrogens is 534 g/mol. The van der Waals surface area contributed by atoms with Crippen molar-refractivity contribution in [2.75, 3.05) is 13.7 Å². The number of carbonyl (C=O) groups is 3. The number of fused-ring (bicyclic) bond motifs is 2. The normalized spacial score (nSPS) is 18.5. The average Bonchev–Trinajstić information content (AvgIpc) is 3.65. The first kappa shape index (κ1) is 29.8. The summed E-state index contributed by atoms with van der Waals surface area (Å²) in [6.45, 7) is 8.92. The number of urea groups is 1. The van der Waals surface area contributed by atoms with Gasteiger partial charge in [0.15, 0.2) is 11.1 Å². The number of pyridine rings is 1. The van der Waals surface area contributed by atoms with Crippen LogP contribution in [0.3, 0.4) is 0 Å². The van der Waals surface area contributed by atoms with Gasteiger partial charge < -0.3 is 19.4 Å². The number of nitriles is 1. The van der Waals surface area contributed by atoms with E-state index in [0.29, 0.717) is 28.1 Å². The Bertz CT molecular complexity index is 1680. The fourth-order valence-corrected chi connectivity index (χ4v) is 4.65. The molecule has 0 spiro atoms. The second-order valence-corrected chi connectivity index (χ2v) is 9.82. The molecule has 10 nitrogen and oxygen atoms in total. The van der Waals surface area contributed by atoms with Crippen LogP contribution >= 0.6 is 0 Å². The smallest absolute Gasteiger partial charge is 0.322 e. The predicted molar refractivity (Wildman–Crippen MR) is 158 cm³/mol. The molecule has 1 saturated heterocycles. The van der Waals surface area contributed by atoms with Gasteiger partial charge in [-0.15, -0.1) is 0 Å². The number of rotatable bonds is 7. The van der Waals surface area contributed by atoms with Gasteiger partial charge in [0.25, 0.3) is 11.8 Å². The largest absolute Gasteiger partial charge is 0.497 e. The van der Waals surface area contributed by atoms with E-state index in [1.54, 1.807) is 38.3 Å². The lowest BCUT2D eigenvalue weighted by atomic mass is 10.00. The summed E-state index contributed by atoms with van der Waals surface area (Å²) < 4.78 is 10.8. The molecule has 5 rings (SSSR count). The van der Waals surface area contributed by atoms with E-state index in [9.17, 15) is 14.4 Å². The van der Waals surface area contributed by atoms with Crippen molar-refractivity contribution in [1.82, 2.24) is 20.5 Å². The first-order valence-electron chi connectivity index (χ1n) is 13.6. The summed E-state index contributed by atoms with van der Waals surface area (Å²) in [6.07, 6.45) is 8.13. The fourth-order valence-electron chi connectivity index (χ4n) is 4.65. The number of allylic oxidation sites excluding steroid dienone is 6. The maximum atomic E-state index is 12.1. The molecule has 216 valence electrons. The molecule has 0 radical (unpaired) electrons. The highest BCUT2D eigenvalue weighted by atomic mass is 16.5. The second kappa shape index (κ2) is 12.6. The third-order valence-corrected chi connectivity index (χ3v) is 7.09. The van der Waals surface area contributed by atoms with Crippen molar-refractivity contribution in [2.45, 2.75) is 46.2 Å². The zero-order valence-electron chi connectivity index (χ0n) is 24.3. The highest BCUT2D eigenvalue weighted by Gasteiger charge is 2.46. The van der Waals surface area contributed by atoms with E-state index in [4.69, 9.17) is 14.4 Å². The highest BCUT2D eigenvalue weighted by Crippen LogP contribution is 2.31. The number of hydrogen-bond acceptors (Lipinski definition) is 7. The Hall–Kier alpha value is -5.17. The summed E-state index contributed by atoms with van der Waals surface area (Å²) in [7, 11) is 1.61. The van der Waals surface area contributed by atoms with Gasteiger partial charge in [0, 0.05) is 30.3 Å². The number of imide groups is 1. The third kappa shape index (κ3) is 5.95. The van der Waals surface area contributed by atoms with Crippen LogP contribution in [0.25, 0.3) is 16.7 Å². The molecular formula is C32H33N5O5. The first-order chi connectivity index (χ1) is 20.2. The maximum Gasteiger partial charge on any atom is 0.322 e. The fraction of sp³-hybridized carbons (Fsp3) is 0.281. The second-order valence-electron chi connectivity index (χ2n) is 9.82. The molecule has 0 bridgehead atoms. The molecule has 1 fully saturated rings. The van der Waals surface area contributed by atoms with Gasteiger partial charge in [-0.2, -0.15) is 5.26 Å². The quantitative estimate of drug-likeness (QED) is 0.222. The molecule has 10 heteroatoms. The van der Waals surface area contributed by atoms with Crippen LogP contribution in [-0.2, 0) is 16.9 Å². The van der Waals surface area contributed by atoms with Gasteiger partial charge >= 0.3 is 6.03 Å². The van der Waals surface area contributed by atoms with Gasteiger partial charge in [0.05, 0.1) is 18.9 Å². The lowest BCUT2D eigenvalue weighted by Gasteiger charge is -2.16. The summed E-state index contributed by atoms with van der Waals surface area (Å²) >= 11 is 0. The lowest BCUT2D eigenvalue weighted by Crippen LogP contribution is -2.40. The van der Waals surface area contributed by atoms with Crippen molar-refractivity contribution in [3.8, 4) is 11.8 Å². The number of amides is 4. The number of carbonyl (C=O) groups excluding carboxylic acids is 3. The number of aromatic nitrogens is 1. The molecule has 0 saturated carbocycles. The molecule has 1 atom stereocenters. The third-order valence-electron chi connectivity index (χ3n) is 7.09. The monoisotopic (exact) mass is 567 g/mol. The molecule has 2 aliphatic rings. The number of methoxy groups -OCH3 is 1. The van der Waals surface area contributed by atoms with Crippen LogP contribution < -0.4 is 15.4 Å². The van der Waals surface area contributed by atoms with Crippen molar-refractivity contribution in [2.24, 2.45) is 0 Å². The van der Waals surface area contributed by atoms with Crippen molar-refractivity contribution in [1.29, 1.82) is 5.26 Å². The van der Waals surface area contributed by atoms with Crippen LogP contribution in [0.5, 0.6) is 5.75 Å². The summed E-state index contributed by atoms with van der Waals surface area (Å²) in [6, 6.07) is 12.5. The minimum atomic E-state index is -1.27. The predicted octanol–water partition coefficient (Wildman–Crippen LogP) is 5.37. The van der Waals surface area contributed by atoms with Crippen molar-refractivity contribution in [3.63, 3.8) is 0 Å². The zero-order valence-corrected chi connectivity index (χ0v) is 24.3. The molecule has 1 aromatic carbocycles. The Labute approximate surface area is 244 Å². The Morgan fingerprint density at radius 1 is 1.19 bits per heavy atom. The van der Waals surface area contributed by atoms with Crippen LogP contribution in [0.2, 0.25) is 0 Å². The topological polar surface area (TPSA) is 138 Å². The summed E-state index contributed by atoms with van der Waals surface area (Å²) in [4.78, 5) is 41.8. The van der Waals surface area contributed by atoms with Crippen LogP contribution in [0.1, 0.15) is 61.5 Å². The molecule has 1 unspecified atom stereocenters.